The molecule has 2 aromatic heterocycles. The fraction of sp³-hybridized carbons (Fsp3) is 0.0909. The van der Waals surface area contributed by atoms with Gasteiger partial charge in [-0.15, -0.1) is 0 Å². The minimum atomic E-state index is -0.794. The topological polar surface area (TPSA) is 84.3 Å². The average Bonchev–Trinajstić information content (AvgIpc) is 2.99. The van der Waals surface area contributed by atoms with Gasteiger partial charge in [0.25, 0.3) is 11.8 Å². The summed E-state index contributed by atoms with van der Waals surface area (Å²) in [5.74, 6) is -1.43. The Balaban J connectivity index is 1.77. The second-order valence-electron chi connectivity index (χ2n) is 6.81. The molecule has 0 saturated carbocycles. The number of nitrogens with one attached hydrogen (secondary N) is 1. The van der Waals surface area contributed by atoms with Gasteiger partial charge in [-0.25, -0.2) is 9.69 Å². The number of anilines is 1. The number of pyridine rings is 1. The smallest absolute Gasteiger partial charge is 0.318 e. The quantitative estimate of drug-likeness (QED) is 0.515. The van der Waals surface area contributed by atoms with E-state index in [0.717, 1.165) is 22.0 Å². The van der Waals surface area contributed by atoms with E-state index in [1.165, 1.54) is 30.6 Å². The molecule has 1 aromatic carbocycles. The maximum atomic E-state index is 13.0. The van der Waals surface area contributed by atoms with E-state index in [1.807, 2.05) is 42.7 Å². The summed E-state index contributed by atoms with van der Waals surface area (Å²) in [6.07, 6.45) is 4.43. The van der Waals surface area contributed by atoms with Crippen molar-refractivity contribution in [3.05, 3.63) is 82.4 Å². The van der Waals surface area contributed by atoms with Crippen molar-refractivity contribution in [2.75, 3.05) is 4.90 Å². The molecule has 4 rings (SSSR count). The predicted octanol–water partition coefficient (Wildman–Crippen LogP) is 3.81. The van der Waals surface area contributed by atoms with Crippen LogP contribution in [0.1, 0.15) is 17.0 Å². The molecule has 30 heavy (non-hydrogen) atoms. The highest BCUT2D eigenvalue weighted by molar-refractivity contribution is 6.39. The molecule has 1 aliphatic heterocycles. The zero-order chi connectivity index (χ0) is 21.4. The molecule has 0 radical (unpaired) electrons. The lowest BCUT2D eigenvalue weighted by atomic mass is 10.1. The number of aryl methyl sites for hydroxylation is 1. The molecule has 0 bridgehead atoms. The summed E-state index contributed by atoms with van der Waals surface area (Å²) in [5.41, 5.74) is 3.50. The zero-order valence-corrected chi connectivity index (χ0v) is 17.0. The molecule has 0 atom stereocenters. The van der Waals surface area contributed by atoms with Crippen LogP contribution in [0.2, 0.25) is 5.02 Å². The predicted molar refractivity (Wildman–Crippen MR) is 113 cm³/mol. The molecule has 8 heteroatoms. The van der Waals surface area contributed by atoms with Crippen LogP contribution in [0.25, 0.3) is 11.8 Å². The van der Waals surface area contributed by atoms with Crippen LogP contribution < -0.4 is 10.2 Å². The summed E-state index contributed by atoms with van der Waals surface area (Å²) < 4.78 is 1.98. The fourth-order valence-corrected chi connectivity index (χ4v) is 3.67. The Morgan fingerprint density at radius 2 is 1.73 bits per heavy atom. The van der Waals surface area contributed by atoms with E-state index in [1.54, 1.807) is 6.07 Å². The van der Waals surface area contributed by atoms with Crippen LogP contribution >= 0.6 is 11.6 Å². The van der Waals surface area contributed by atoms with E-state index in [-0.39, 0.29) is 5.57 Å². The number of halogens is 1. The molecule has 1 saturated heterocycles. The van der Waals surface area contributed by atoms with Gasteiger partial charge in [-0.2, -0.15) is 0 Å². The highest BCUT2D eigenvalue weighted by Gasteiger charge is 2.37. The van der Waals surface area contributed by atoms with Gasteiger partial charge in [0, 0.05) is 34.5 Å². The Kier molecular flexibility index (Phi) is 4.97. The van der Waals surface area contributed by atoms with Crippen LogP contribution in [0, 0.1) is 13.8 Å². The summed E-state index contributed by atoms with van der Waals surface area (Å²) in [6.45, 7) is 3.81. The minimum absolute atomic E-state index is 0.127. The molecule has 1 fully saturated rings. The standard InChI is InChI=1S/C22H17ClN4O3/c1-13-10-15(14(2)26(13)18-5-3-4-16(23)12-18)11-19-20(28)25-22(30)27(21(19)29)17-6-8-24-9-7-17/h3-12H,1-2H3,(H,25,28,30)/b19-11+. The van der Waals surface area contributed by atoms with Crippen molar-refractivity contribution in [1.82, 2.24) is 14.9 Å². The van der Waals surface area contributed by atoms with Crippen molar-refractivity contribution in [2.45, 2.75) is 13.8 Å². The lowest BCUT2D eigenvalue weighted by Crippen LogP contribution is -2.54. The highest BCUT2D eigenvalue weighted by Crippen LogP contribution is 2.26. The highest BCUT2D eigenvalue weighted by atomic mass is 35.5. The maximum absolute atomic E-state index is 13.0. The number of amides is 4. The third-order valence-corrected chi connectivity index (χ3v) is 5.09. The summed E-state index contributed by atoms with van der Waals surface area (Å²) in [7, 11) is 0. The largest absolute Gasteiger partial charge is 0.335 e. The maximum Gasteiger partial charge on any atom is 0.335 e. The van der Waals surface area contributed by atoms with E-state index >= 15 is 0 Å². The molecule has 1 N–H and O–H groups in total. The Bertz CT molecular complexity index is 1210. The number of carbonyl (C=O) groups is 3. The summed E-state index contributed by atoms with van der Waals surface area (Å²) >= 11 is 6.12. The van der Waals surface area contributed by atoms with Crippen LogP contribution in [0.5, 0.6) is 0 Å². The molecule has 1 aliphatic rings. The van der Waals surface area contributed by atoms with Gasteiger partial charge in [-0.05, 0) is 61.9 Å². The molecule has 7 nitrogen and oxygen atoms in total. The van der Waals surface area contributed by atoms with E-state index in [9.17, 15) is 14.4 Å². The molecule has 3 aromatic rings. The Morgan fingerprint density at radius 1 is 1.00 bits per heavy atom. The van der Waals surface area contributed by atoms with Gasteiger partial charge in [0.15, 0.2) is 0 Å². The minimum Gasteiger partial charge on any atom is -0.318 e. The molecule has 0 spiro atoms. The lowest BCUT2D eigenvalue weighted by Gasteiger charge is -2.26. The molecule has 0 aliphatic carbocycles. The number of urea groups is 1. The van der Waals surface area contributed by atoms with Crippen LogP contribution in [-0.2, 0) is 9.59 Å². The van der Waals surface area contributed by atoms with E-state index in [2.05, 4.69) is 10.3 Å². The Labute approximate surface area is 177 Å². The number of carbonyl (C=O) groups excluding carboxylic acids is 3. The third-order valence-electron chi connectivity index (χ3n) is 4.86. The second kappa shape index (κ2) is 7.61. The third kappa shape index (κ3) is 3.40. The number of barbiturate groups is 1. The first-order valence-electron chi connectivity index (χ1n) is 9.13. The lowest BCUT2D eigenvalue weighted by molar-refractivity contribution is -0.122. The number of hydrogen-bond donors (Lipinski definition) is 1. The van der Waals surface area contributed by atoms with Gasteiger partial charge in [0.1, 0.15) is 5.57 Å². The van der Waals surface area contributed by atoms with Crippen molar-refractivity contribution in [3.8, 4) is 5.69 Å². The first-order chi connectivity index (χ1) is 14.4. The normalized spacial score (nSPS) is 15.6. The van der Waals surface area contributed by atoms with Crippen molar-refractivity contribution in [3.63, 3.8) is 0 Å². The van der Waals surface area contributed by atoms with Gasteiger partial charge < -0.3 is 4.57 Å². The number of hydrogen-bond acceptors (Lipinski definition) is 4. The Morgan fingerprint density at radius 3 is 2.43 bits per heavy atom. The van der Waals surface area contributed by atoms with E-state index < -0.39 is 17.8 Å². The number of imide groups is 2. The van der Waals surface area contributed by atoms with E-state index in [4.69, 9.17) is 11.6 Å². The first kappa shape index (κ1) is 19.6. The summed E-state index contributed by atoms with van der Waals surface area (Å²) in [6, 6.07) is 11.5. The van der Waals surface area contributed by atoms with Crippen molar-refractivity contribution in [2.24, 2.45) is 0 Å². The van der Waals surface area contributed by atoms with Gasteiger partial charge in [0.05, 0.1) is 5.69 Å². The number of nitrogens with zero attached hydrogens (tertiary/aromatic N) is 3. The zero-order valence-electron chi connectivity index (χ0n) is 16.2. The fourth-order valence-electron chi connectivity index (χ4n) is 3.49. The number of aromatic nitrogens is 2. The van der Waals surface area contributed by atoms with Gasteiger partial charge in [0.2, 0.25) is 0 Å². The van der Waals surface area contributed by atoms with E-state index in [0.29, 0.717) is 16.3 Å². The van der Waals surface area contributed by atoms with Gasteiger partial charge >= 0.3 is 6.03 Å². The van der Waals surface area contributed by atoms with Crippen molar-refractivity contribution < 1.29 is 14.4 Å². The molecular weight excluding hydrogens is 404 g/mol. The number of rotatable bonds is 3. The van der Waals surface area contributed by atoms with Crippen LogP contribution in [0.4, 0.5) is 10.5 Å². The van der Waals surface area contributed by atoms with Crippen LogP contribution in [0.15, 0.2) is 60.4 Å². The summed E-state index contributed by atoms with van der Waals surface area (Å²) in [5, 5.41) is 2.83. The molecule has 4 amide bonds. The molecular formula is C22H17ClN4O3. The van der Waals surface area contributed by atoms with Gasteiger partial charge in [-0.3, -0.25) is 19.9 Å². The number of benzene rings is 1. The van der Waals surface area contributed by atoms with Gasteiger partial charge in [-0.1, -0.05) is 17.7 Å². The first-order valence-corrected chi connectivity index (χ1v) is 9.51. The van der Waals surface area contributed by atoms with Crippen molar-refractivity contribution in [1.29, 1.82) is 0 Å². The monoisotopic (exact) mass is 420 g/mol. The summed E-state index contributed by atoms with van der Waals surface area (Å²) in [4.78, 5) is 42.5. The van der Waals surface area contributed by atoms with Crippen molar-refractivity contribution >= 4 is 41.2 Å². The molecule has 0 unspecified atom stereocenters. The van der Waals surface area contributed by atoms with Crippen LogP contribution in [-0.4, -0.2) is 27.4 Å². The second-order valence-corrected chi connectivity index (χ2v) is 7.24. The SMILES string of the molecule is Cc1cc(/C=C2\C(=O)NC(=O)N(c3ccncc3)C2=O)c(C)n1-c1cccc(Cl)c1. The molecule has 150 valence electrons. The average molecular weight is 421 g/mol. The van der Waals surface area contributed by atoms with Crippen LogP contribution in [0.3, 0.4) is 0 Å². The molecule has 3 heterocycles. The Hall–Kier alpha value is -3.71.